The SMILES string of the molecule is CN1C(=O)CCc2cc(-c3cncc(N4CCC[C@H]4CO[Si](C)(C)C(C)(C)C)c3)ccc21. The molecule has 1 fully saturated rings. The number of amides is 1. The number of nitrogens with zero attached hydrogens (tertiary/aromatic N) is 3. The van der Waals surface area contributed by atoms with Crippen LogP contribution in [0.3, 0.4) is 0 Å². The van der Waals surface area contributed by atoms with E-state index < -0.39 is 8.32 Å². The molecule has 1 aromatic carbocycles. The molecule has 1 atom stereocenters. The van der Waals surface area contributed by atoms with E-state index in [1.807, 2.05) is 19.4 Å². The number of carbonyl (C=O) groups is 1. The lowest BCUT2D eigenvalue weighted by Crippen LogP contribution is -2.44. The van der Waals surface area contributed by atoms with Crippen molar-refractivity contribution in [3.05, 3.63) is 42.2 Å². The second-order valence-electron chi connectivity index (χ2n) is 10.8. The summed E-state index contributed by atoms with van der Waals surface area (Å²) in [7, 11) is 0.101. The molecule has 3 heterocycles. The fourth-order valence-electron chi connectivity index (χ4n) is 4.45. The highest BCUT2D eigenvalue weighted by molar-refractivity contribution is 6.74. The molecule has 172 valence electrons. The van der Waals surface area contributed by atoms with Gasteiger partial charge in [0.1, 0.15) is 0 Å². The van der Waals surface area contributed by atoms with Crippen molar-refractivity contribution in [1.29, 1.82) is 0 Å². The van der Waals surface area contributed by atoms with Crippen molar-refractivity contribution in [3.63, 3.8) is 0 Å². The molecule has 5 nitrogen and oxygen atoms in total. The second kappa shape index (κ2) is 8.63. The van der Waals surface area contributed by atoms with Gasteiger partial charge in [-0.25, -0.2) is 0 Å². The van der Waals surface area contributed by atoms with Crippen molar-refractivity contribution in [2.75, 3.05) is 30.0 Å². The molecule has 1 saturated heterocycles. The lowest BCUT2D eigenvalue weighted by atomic mass is 9.96. The van der Waals surface area contributed by atoms with E-state index in [-0.39, 0.29) is 10.9 Å². The molecular weight excluding hydrogens is 414 g/mol. The van der Waals surface area contributed by atoms with E-state index in [0.717, 1.165) is 42.8 Å². The number of hydrogen-bond acceptors (Lipinski definition) is 4. The number of aryl methyl sites for hydroxylation is 1. The summed E-state index contributed by atoms with van der Waals surface area (Å²) in [6.07, 6.45) is 7.67. The second-order valence-corrected chi connectivity index (χ2v) is 15.6. The number of pyridine rings is 1. The van der Waals surface area contributed by atoms with Crippen LogP contribution < -0.4 is 9.80 Å². The number of fused-ring (bicyclic) bond motifs is 1. The van der Waals surface area contributed by atoms with Gasteiger partial charge in [0, 0.05) is 37.5 Å². The Morgan fingerprint density at radius 1 is 1.12 bits per heavy atom. The predicted molar refractivity (Wildman–Crippen MR) is 135 cm³/mol. The highest BCUT2D eigenvalue weighted by Crippen LogP contribution is 2.38. The van der Waals surface area contributed by atoms with Gasteiger partial charge >= 0.3 is 0 Å². The van der Waals surface area contributed by atoms with Crippen molar-refractivity contribution < 1.29 is 9.22 Å². The van der Waals surface area contributed by atoms with Crippen LogP contribution in [0.2, 0.25) is 18.1 Å². The highest BCUT2D eigenvalue weighted by Gasteiger charge is 2.38. The molecule has 0 bridgehead atoms. The molecule has 1 aromatic heterocycles. The fourth-order valence-corrected chi connectivity index (χ4v) is 5.49. The molecule has 2 aliphatic heterocycles. The first-order valence-corrected chi connectivity index (χ1v) is 14.7. The Morgan fingerprint density at radius 3 is 2.66 bits per heavy atom. The minimum atomic E-state index is -1.76. The zero-order valence-corrected chi connectivity index (χ0v) is 21.4. The Kier molecular flexibility index (Phi) is 6.20. The average molecular weight is 452 g/mol. The number of anilines is 2. The van der Waals surface area contributed by atoms with Crippen molar-refractivity contribution in [2.24, 2.45) is 0 Å². The summed E-state index contributed by atoms with van der Waals surface area (Å²) in [5, 5.41) is 0.225. The summed E-state index contributed by atoms with van der Waals surface area (Å²) < 4.78 is 6.57. The molecule has 2 aliphatic rings. The topological polar surface area (TPSA) is 45.7 Å². The molecule has 0 unspecified atom stereocenters. The molecule has 0 saturated carbocycles. The van der Waals surface area contributed by atoms with Crippen LogP contribution in [0.4, 0.5) is 11.4 Å². The molecule has 0 aliphatic carbocycles. The summed E-state index contributed by atoms with van der Waals surface area (Å²) >= 11 is 0. The number of benzene rings is 1. The fraction of sp³-hybridized carbons (Fsp3) is 0.538. The minimum Gasteiger partial charge on any atom is -0.415 e. The van der Waals surface area contributed by atoms with Crippen molar-refractivity contribution in [2.45, 2.75) is 70.6 Å². The van der Waals surface area contributed by atoms with E-state index in [0.29, 0.717) is 12.5 Å². The Labute approximate surface area is 193 Å². The zero-order chi connectivity index (χ0) is 23.1. The van der Waals surface area contributed by atoms with Gasteiger partial charge in [-0.1, -0.05) is 26.8 Å². The monoisotopic (exact) mass is 451 g/mol. The van der Waals surface area contributed by atoms with Gasteiger partial charge in [0.2, 0.25) is 5.91 Å². The smallest absolute Gasteiger partial charge is 0.227 e. The van der Waals surface area contributed by atoms with Crippen molar-refractivity contribution >= 4 is 25.6 Å². The van der Waals surface area contributed by atoms with Crippen LogP contribution in [0, 0.1) is 0 Å². The van der Waals surface area contributed by atoms with Crippen LogP contribution in [0.15, 0.2) is 36.7 Å². The largest absolute Gasteiger partial charge is 0.415 e. The number of rotatable bonds is 5. The number of aromatic nitrogens is 1. The Morgan fingerprint density at radius 2 is 1.91 bits per heavy atom. The molecule has 32 heavy (non-hydrogen) atoms. The van der Waals surface area contributed by atoms with Gasteiger partial charge in [-0.3, -0.25) is 9.78 Å². The van der Waals surface area contributed by atoms with Crippen LogP contribution in [-0.2, 0) is 15.6 Å². The summed E-state index contributed by atoms with van der Waals surface area (Å²) in [6.45, 7) is 13.4. The van der Waals surface area contributed by atoms with Crippen molar-refractivity contribution in [3.8, 4) is 11.1 Å². The molecule has 0 N–H and O–H groups in total. The van der Waals surface area contributed by atoms with Crippen molar-refractivity contribution in [1.82, 2.24) is 4.98 Å². The lowest BCUT2D eigenvalue weighted by Gasteiger charge is -2.38. The highest BCUT2D eigenvalue weighted by atomic mass is 28.4. The minimum absolute atomic E-state index is 0.189. The van der Waals surface area contributed by atoms with Gasteiger partial charge < -0.3 is 14.2 Å². The Balaban J connectivity index is 1.53. The van der Waals surface area contributed by atoms with E-state index in [9.17, 15) is 4.79 Å². The molecule has 1 amide bonds. The first-order chi connectivity index (χ1) is 15.1. The summed E-state index contributed by atoms with van der Waals surface area (Å²) in [4.78, 5) is 20.8. The van der Waals surface area contributed by atoms with Gasteiger partial charge in [-0.15, -0.1) is 0 Å². The standard InChI is InChI=1S/C26H37N3O2Si/c1-26(2,3)32(5,6)31-18-22-8-7-13-29(22)23-15-21(16-27-17-23)19-9-11-24-20(14-19)10-12-25(30)28(24)4/h9,11,14-17,22H,7-8,10,12-13,18H2,1-6H3/t22-/m0/s1. The van der Waals surface area contributed by atoms with E-state index in [2.05, 4.69) is 68.0 Å². The molecule has 0 radical (unpaired) electrons. The maximum atomic E-state index is 12.0. The first-order valence-electron chi connectivity index (χ1n) is 11.8. The molecule has 2 aromatic rings. The third-order valence-electron chi connectivity index (χ3n) is 7.63. The Hall–Kier alpha value is -2.18. The summed E-state index contributed by atoms with van der Waals surface area (Å²) in [6, 6.07) is 9.07. The quantitative estimate of drug-likeness (QED) is 0.551. The Bertz CT molecular complexity index is 999. The van der Waals surface area contributed by atoms with E-state index in [1.54, 1.807) is 4.90 Å². The summed E-state index contributed by atoms with van der Waals surface area (Å²) in [5.74, 6) is 0.189. The zero-order valence-electron chi connectivity index (χ0n) is 20.4. The van der Waals surface area contributed by atoms with Crippen LogP contribution >= 0.6 is 0 Å². The third-order valence-corrected chi connectivity index (χ3v) is 12.1. The van der Waals surface area contributed by atoms with Gasteiger partial charge in [0.25, 0.3) is 0 Å². The first kappa shape index (κ1) is 23.0. The van der Waals surface area contributed by atoms with Gasteiger partial charge in [-0.2, -0.15) is 0 Å². The van der Waals surface area contributed by atoms with Gasteiger partial charge in [0.15, 0.2) is 8.32 Å². The number of carbonyl (C=O) groups excluding carboxylic acids is 1. The molecule has 6 heteroatoms. The third kappa shape index (κ3) is 4.48. The van der Waals surface area contributed by atoms with E-state index in [1.165, 1.54) is 17.7 Å². The predicted octanol–water partition coefficient (Wildman–Crippen LogP) is 5.65. The summed E-state index contributed by atoms with van der Waals surface area (Å²) in [5.41, 5.74) is 5.72. The lowest BCUT2D eigenvalue weighted by molar-refractivity contribution is -0.118. The van der Waals surface area contributed by atoms with E-state index >= 15 is 0 Å². The molecule has 0 spiro atoms. The van der Waals surface area contributed by atoms with Crippen LogP contribution in [0.25, 0.3) is 11.1 Å². The van der Waals surface area contributed by atoms with E-state index in [4.69, 9.17) is 4.43 Å². The van der Waals surface area contributed by atoms with Gasteiger partial charge in [0.05, 0.1) is 24.5 Å². The average Bonchev–Trinajstić information content (AvgIpc) is 3.23. The van der Waals surface area contributed by atoms with Crippen LogP contribution in [0.1, 0.15) is 45.6 Å². The van der Waals surface area contributed by atoms with Gasteiger partial charge in [-0.05, 0) is 66.7 Å². The molecular formula is C26H37N3O2Si. The number of hydrogen-bond donors (Lipinski definition) is 0. The van der Waals surface area contributed by atoms with Crippen LogP contribution in [-0.4, -0.2) is 45.4 Å². The molecule has 4 rings (SSSR count). The maximum Gasteiger partial charge on any atom is 0.227 e. The normalized spacial score (nSPS) is 19.4. The van der Waals surface area contributed by atoms with Crippen LogP contribution in [0.5, 0.6) is 0 Å². The maximum absolute atomic E-state index is 12.0.